The van der Waals surface area contributed by atoms with Gasteiger partial charge in [-0.05, 0) is 62.9 Å². The molecule has 5 nitrogen and oxygen atoms in total. The van der Waals surface area contributed by atoms with Crippen molar-refractivity contribution in [2.45, 2.75) is 78.7 Å². The van der Waals surface area contributed by atoms with Crippen molar-refractivity contribution in [1.29, 1.82) is 0 Å². The standard InChI is InChI=1S/C32H44N2O3/c1-6-8-19-33(20-9-7-2)21-10-22-34-29(26-17-15-25(16-18-26)23(3)4)28(31(36)32(34)37)30(35)27-13-11-24(5)12-14-27/h11-18,23,29,35H,6-10,19-22H2,1-5H3/t29-/m0/s1. The lowest BCUT2D eigenvalue weighted by Gasteiger charge is -2.27. The molecule has 0 aliphatic carbocycles. The van der Waals surface area contributed by atoms with Crippen LogP contribution in [0.5, 0.6) is 0 Å². The molecule has 0 radical (unpaired) electrons. The Morgan fingerprint density at radius 1 is 0.892 bits per heavy atom. The highest BCUT2D eigenvalue weighted by atomic mass is 16.3. The summed E-state index contributed by atoms with van der Waals surface area (Å²) in [6.07, 6.45) is 5.41. The van der Waals surface area contributed by atoms with Gasteiger partial charge in [0.15, 0.2) is 0 Å². The number of benzene rings is 2. The third kappa shape index (κ3) is 7.10. The van der Waals surface area contributed by atoms with Crippen molar-refractivity contribution in [2.24, 2.45) is 0 Å². The van der Waals surface area contributed by atoms with Crippen LogP contribution in [0.2, 0.25) is 0 Å². The zero-order chi connectivity index (χ0) is 26.9. The van der Waals surface area contributed by atoms with Gasteiger partial charge >= 0.3 is 0 Å². The molecule has 2 aromatic carbocycles. The molecule has 0 bridgehead atoms. The molecule has 1 aliphatic rings. The molecule has 37 heavy (non-hydrogen) atoms. The number of hydrogen-bond acceptors (Lipinski definition) is 4. The second-order valence-electron chi connectivity index (χ2n) is 10.6. The Morgan fingerprint density at radius 3 is 2.00 bits per heavy atom. The molecule has 0 saturated carbocycles. The van der Waals surface area contributed by atoms with E-state index in [9.17, 15) is 14.7 Å². The van der Waals surface area contributed by atoms with Crippen molar-refractivity contribution in [3.05, 3.63) is 76.4 Å². The highest BCUT2D eigenvalue weighted by Crippen LogP contribution is 2.39. The summed E-state index contributed by atoms with van der Waals surface area (Å²) < 4.78 is 0. The minimum absolute atomic E-state index is 0.105. The summed E-state index contributed by atoms with van der Waals surface area (Å²) in [4.78, 5) is 30.8. The van der Waals surface area contributed by atoms with Crippen LogP contribution in [0.3, 0.4) is 0 Å². The summed E-state index contributed by atoms with van der Waals surface area (Å²) >= 11 is 0. The van der Waals surface area contributed by atoms with Gasteiger partial charge in [-0.25, -0.2) is 0 Å². The van der Waals surface area contributed by atoms with Crippen molar-refractivity contribution in [1.82, 2.24) is 9.80 Å². The van der Waals surface area contributed by atoms with Crippen LogP contribution in [0.15, 0.2) is 54.1 Å². The minimum Gasteiger partial charge on any atom is -0.507 e. The average Bonchev–Trinajstić information content (AvgIpc) is 3.15. The highest BCUT2D eigenvalue weighted by molar-refractivity contribution is 6.46. The first-order valence-corrected chi connectivity index (χ1v) is 14.0. The number of hydrogen-bond donors (Lipinski definition) is 1. The molecule has 200 valence electrons. The number of carbonyl (C=O) groups excluding carboxylic acids is 2. The third-order valence-electron chi connectivity index (χ3n) is 7.31. The first kappa shape index (κ1) is 28.6. The number of likely N-dealkylation sites (tertiary alicyclic amines) is 1. The van der Waals surface area contributed by atoms with E-state index in [1.54, 1.807) is 17.0 Å². The number of nitrogens with zero attached hydrogens (tertiary/aromatic N) is 2. The zero-order valence-corrected chi connectivity index (χ0v) is 23.3. The Bertz CT molecular complexity index is 1060. The van der Waals surface area contributed by atoms with Crippen molar-refractivity contribution in [3.8, 4) is 0 Å². The normalized spacial score (nSPS) is 17.4. The Morgan fingerprint density at radius 2 is 1.46 bits per heavy atom. The fraction of sp³-hybridized carbons (Fsp3) is 0.500. The summed E-state index contributed by atoms with van der Waals surface area (Å²) in [5.41, 5.74) is 3.85. The van der Waals surface area contributed by atoms with Gasteiger partial charge in [-0.15, -0.1) is 0 Å². The number of aliphatic hydroxyl groups excluding tert-OH is 1. The van der Waals surface area contributed by atoms with E-state index in [4.69, 9.17) is 0 Å². The zero-order valence-electron chi connectivity index (χ0n) is 23.3. The van der Waals surface area contributed by atoms with Crippen LogP contribution >= 0.6 is 0 Å². The molecule has 1 heterocycles. The molecule has 5 heteroatoms. The summed E-state index contributed by atoms with van der Waals surface area (Å²) in [5.74, 6) is -0.860. The van der Waals surface area contributed by atoms with Gasteiger partial charge in [-0.1, -0.05) is 94.6 Å². The number of ketones is 1. The lowest BCUT2D eigenvalue weighted by atomic mass is 9.93. The van der Waals surface area contributed by atoms with E-state index >= 15 is 0 Å². The van der Waals surface area contributed by atoms with Gasteiger partial charge in [0.05, 0.1) is 11.6 Å². The fourth-order valence-electron chi connectivity index (χ4n) is 4.95. The number of aryl methyl sites for hydroxylation is 1. The monoisotopic (exact) mass is 504 g/mol. The van der Waals surface area contributed by atoms with Crippen LogP contribution in [0.25, 0.3) is 5.76 Å². The van der Waals surface area contributed by atoms with Crippen LogP contribution < -0.4 is 0 Å². The number of unbranched alkanes of at least 4 members (excludes halogenated alkanes) is 2. The van der Waals surface area contributed by atoms with Gasteiger partial charge in [-0.3, -0.25) is 9.59 Å². The Hall–Kier alpha value is -2.92. The van der Waals surface area contributed by atoms with Crippen LogP contribution in [0.4, 0.5) is 0 Å². The van der Waals surface area contributed by atoms with E-state index < -0.39 is 17.7 Å². The maximum absolute atomic E-state index is 13.3. The number of aliphatic hydroxyl groups is 1. The molecule has 1 fully saturated rings. The van der Waals surface area contributed by atoms with Crippen LogP contribution in [0, 0.1) is 6.92 Å². The number of amides is 1. The van der Waals surface area contributed by atoms with Gasteiger partial charge in [0.2, 0.25) is 0 Å². The quantitative estimate of drug-likeness (QED) is 0.184. The highest BCUT2D eigenvalue weighted by Gasteiger charge is 2.45. The molecular weight excluding hydrogens is 460 g/mol. The SMILES string of the molecule is CCCCN(CCCC)CCCN1C(=O)C(=O)C(=C(O)c2ccc(C)cc2)[C@@H]1c1ccc(C(C)C)cc1. The predicted octanol–water partition coefficient (Wildman–Crippen LogP) is 6.83. The molecule has 0 spiro atoms. The molecule has 0 unspecified atom stereocenters. The molecule has 0 aromatic heterocycles. The van der Waals surface area contributed by atoms with Gasteiger partial charge in [-0.2, -0.15) is 0 Å². The summed E-state index contributed by atoms with van der Waals surface area (Å²) in [6.45, 7) is 14.1. The second-order valence-corrected chi connectivity index (χ2v) is 10.6. The summed E-state index contributed by atoms with van der Waals surface area (Å²) in [7, 11) is 0. The maximum Gasteiger partial charge on any atom is 0.295 e. The number of carbonyl (C=O) groups is 2. The Labute approximate surface area is 223 Å². The summed E-state index contributed by atoms with van der Waals surface area (Å²) in [5, 5.41) is 11.3. The molecule has 1 N–H and O–H groups in total. The van der Waals surface area contributed by atoms with E-state index in [-0.39, 0.29) is 11.3 Å². The Kier molecular flexibility index (Phi) is 10.5. The lowest BCUT2D eigenvalue weighted by molar-refractivity contribution is -0.140. The van der Waals surface area contributed by atoms with Crippen LogP contribution in [-0.2, 0) is 9.59 Å². The van der Waals surface area contributed by atoms with Gasteiger partial charge in [0.1, 0.15) is 5.76 Å². The van der Waals surface area contributed by atoms with E-state index in [1.807, 2.05) is 31.2 Å². The molecule has 1 aliphatic heterocycles. The van der Waals surface area contributed by atoms with Crippen molar-refractivity contribution >= 4 is 17.4 Å². The smallest absolute Gasteiger partial charge is 0.295 e. The van der Waals surface area contributed by atoms with E-state index in [2.05, 4.69) is 44.7 Å². The van der Waals surface area contributed by atoms with Gasteiger partial charge in [0, 0.05) is 12.1 Å². The average molecular weight is 505 g/mol. The maximum atomic E-state index is 13.3. The van der Waals surface area contributed by atoms with E-state index in [0.717, 1.165) is 62.9 Å². The molecule has 1 atom stereocenters. The lowest BCUT2D eigenvalue weighted by Crippen LogP contribution is -2.34. The Balaban J connectivity index is 1.93. The van der Waals surface area contributed by atoms with Crippen molar-refractivity contribution < 1.29 is 14.7 Å². The molecule has 1 saturated heterocycles. The first-order valence-electron chi connectivity index (χ1n) is 14.0. The molecular formula is C32H44N2O3. The topological polar surface area (TPSA) is 60.9 Å². The minimum atomic E-state index is -0.607. The van der Waals surface area contributed by atoms with Gasteiger partial charge < -0.3 is 14.9 Å². The largest absolute Gasteiger partial charge is 0.507 e. The summed E-state index contributed by atoms with van der Waals surface area (Å²) in [6, 6.07) is 14.9. The molecule has 3 rings (SSSR count). The fourth-order valence-corrected chi connectivity index (χ4v) is 4.95. The van der Waals surface area contributed by atoms with E-state index in [1.165, 1.54) is 5.56 Å². The van der Waals surface area contributed by atoms with Crippen molar-refractivity contribution in [2.75, 3.05) is 26.2 Å². The third-order valence-corrected chi connectivity index (χ3v) is 7.31. The molecule has 1 amide bonds. The second kappa shape index (κ2) is 13.6. The predicted molar refractivity (Wildman–Crippen MR) is 152 cm³/mol. The molecule has 2 aromatic rings. The van der Waals surface area contributed by atoms with Crippen molar-refractivity contribution in [3.63, 3.8) is 0 Å². The number of Topliss-reactive ketones (excluding diaryl/α,β-unsaturated/α-hetero) is 1. The van der Waals surface area contributed by atoms with E-state index in [0.29, 0.717) is 18.0 Å². The number of rotatable bonds is 13. The van der Waals surface area contributed by atoms with Crippen LogP contribution in [-0.4, -0.2) is 52.8 Å². The first-order chi connectivity index (χ1) is 17.8. The van der Waals surface area contributed by atoms with Crippen LogP contribution in [0.1, 0.15) is 94.0 Å². The van der Waals surface area contributed by atoms with Gasteiger partial charge in [0.25, 0.3) is 11.7 Å².